The van der Waals surface area contributed by atoms with E-state index in [1.807, 2.05) is 6.07 Å². The number of ketones is 1. The van der Waals surface area contributed by atoms with Gasteiger partial charge in [-0.15, -0.1) is 0 Å². The van der Waals surface area contributed by atoms with Crippen LogP contribution in [-0.4, -0.2) is 20.3 Å². The van der Waals surface area contributed by atoms with Gasteiger partial charge in [0.2, 0.25) is 0 Å². The Hall–Kier alpha value is -1.65. The third-order valence-corrected chi connectivity index (χ3v) is 9.64. The van der Waals surface area contributed by atoms with Gasteiger partial charge < -0.3 is 5.11 Å². The maximum atomic E-state index is 13.5. The lowest BCUT2D eigenvalue weighted by atomic mass is 9.55. The normalized spacial score (nSPS) is 34.2. The van der Waals surface area contributed by atoms with E-state index >= 15 is 0 Å². The highest BCUT2D eigenvalue weighted by Gasteiger charge is 2.59. The minimum absolute atomic E-state index is 0.186. The number of benzene rings is 2. The highest BCUT2D eigenvalue weighted by atomic mass is 35.5. The zero-order chi connectivity index (χ0) is 20.3. The Balaban J connectivity index is 1.46. The molecule has 0 bridgehead atoms. The van der Waals surface area contributed by atoms with Crippen LogP contribution in [0.25, 0.3) is 0 Å². The number of phenolic OH excluding ortho intramolecular Hbond substituents is 1. The second kappa shape index (κ2) is 6.95. The highest BCUT2D eigenvalue weighted by Crippen LogP contribution is 2.60. The number of halogens is 1. The van der Waals surface area contributed by atoms with Crippen LogP contribution in [-0.2, 0) is 22.0 Å². The Morgan fingerprint density at radius 1 is 1.14 bits per heavy atom. The van der Waals surface area contributed by atoms with E-state index in [0.717, 1.165) is 25.7 Å². The predicted molar refractivity (Wildman–Crippen MR) is 115 cm³/mol. The van der Waals surface area contributed by atoms with E-state index in [1.54, 1.807) is 30.3 Å². The smallest absolute Gasteiger partial charge is 0.154 e. The average molecular weight is 429 g/mol. The Bertz CT molecular complexity index is 1000. The highest BCUT2D eigenvalue weighted by molar-refractivity contribution is 7.86. The molecule has 3 aliphatic carbocycles. The SMILES string of the molecule is C[C@]12CCC3c4ccc(O)cc4CCC3C1CC(S(=O)c1ccc(Cl)cc1)C2=O. The molecular formula is C24H25ClO3S. The number of phenols is 1. The van der Waals surface area contributed by atoms with E-state index in [1.165, 1.54) is 11.1 Å². The Morgan fingerprint density at radius 2 is 1.90 bits per heavy atom. The molecule has 29 heavy (non-hydrogen) atoms. The molecule has 2 aromatic carbocycles. The van der Waals surface area contributed by atoms with Crippen LogP contribution in [0.5, 0.6) is 5.75 Å². The van der Waals surface area contributed by atoms with Gasteiger partial charge in [0.15, 0.2) is 5.78 Å². The van der Waals surface area contributed by atoms with Gasteiger partial charge in [-0.3, -0.25) is 9.00 Å². The van der Waals surface area contributed by atoms with Crippen LogP contribution in [0.15, 0.2) is 47.4 Å². The summed E-state index contributed by atoms with van der Waals surface area (Å²) in [6.07, 6.45) is 4.53. The molecular weight excluding hydrogens is 404 g/mol. The predicted octanol–water partition coefficient (Wildman–Crippen LogP) is 5.26. The number of carbonyl (C=O) groups is 1. The first-order valence-corrected chi connectivity index (χ1v) is 12.0. The maximum Gasteiger partial charge on any atom is 0.154 e. The summed E-state index contributed by atoms with van der Waals surface area (Å²) in [7, 11) is -1.34. The summed E-state index contributed by atoms with van der Waals surface area (Å²) in [5.74, 6) is 1.68. The van der Waals surface area contributed by atoms with Crippen molar-refractivity contribution in [3.8, 4) is 5.75 Å². The zero-order valence-electron chi connectivity index (χ0n) is 16.4. The number of hydrogen-bond donors (Lipinski definition) is 1. The Labute approximate surface area is 178 Å². The van der Waals surface area contributed by atoms with Crippen LogP contribution in [0.1, 0.15) is 49.7 Å². The molecule has 2 fully saturated rings. The molecule has 0 aliphatic heterocycles. The summed E-state index contributed by atoms with van der Waals surface area (Å²) in [6.45, 7) is 2.11. The molecule has 0 amide bonds. The second-order valence-electron chi connectivity index (χ2n) is 9.09. The van der Waals surface area contributed by atoms with Crippen molar-refractivity contribution < 1.29 is 14.1 Å². The van der Waals surface area contributed by atoms with Crippen LogP contribution in [0.4, 0.5) is 0 Å². The number of aryl methyl sites for hydroxylation is 1. The summed E-state index contributed by atoms with van der Waals surface area (Å²) in [5.41, 5.74) is 2.22. The second-order valence-corrected chi connectivity index (χ2v) is 11.2. The fraction of sp³-hybridized carbons (Fsp3) is 0.458. The van der Waals surface area contributed by atoms with Crippen molar-refractivity contribution in [1.82, 2.24) is 0 Å². The Morgan fingerprint density at radius 3 is 2.66 bits per heavy atom. The molecule has 0 heterocycles. The zero-order valence-corrected chi connectivity index (χ0v) is 18.0. The van der Waals surface area contributed by atoms with Gasteiger partial charge >= 0.3 is 0 Å². The summed E-state index contributed by atoms with van der Waals surface area (Å²) < 4.78 is 13.3. The summed E-state index contributed by atoms with van der Waals surface area (Å²) in [4.78, 5) is 14.1. The van der Waals surface area contributed by atoms with Crippen LogP contribution in [0, 0.1) is 17.3 Å². The van der Waals surface area contributed by atoms with Gasteiger partial charge in [0.1, 0.15) is 5.75 Å². The summed E-state index contributed by atoms with van der Waals surface area (Å²) in [6, 6.07) is 12.8. The van der Waals surface area contributed by atoms with Crippen molar-refractivity contribution in [2.24, 2.45) is 17.3 Å². The van der Waals surface area contributed by atoms with Crippen molar-refractivity contribution in [3.05, 3.63) is 58.6 Å². The van der Waals surface area contributed by atoms with Gasteiger partial charge in [-0.2, -0.15) is 0 Å². The van der Waals surface area contributed by atoms with Gasteiger partial charge in [-0.1, -0.05) is 24.6 Å². The molecule has 0 spiro atoms. The van der Waals surface area contributed by atoms with E-state index in [2.05, 4.69) is 13.0 Å². The number of Topliss-reactive ketones (excluding diaryl/α,β-unsaturated/α-hetero) is 1. The number of carbonyl (C=O) groups excluding carboxylic acids is 1. The number of aromatic hydroxyl groups is 1. The average Bonchev–Trinajstić information content (AvgIpc) is 2.99. The molecule has 3 nitrogen and oxygen atoms in total. The fourth-order valence-electron chi connectivity index (χ4n) is 6.25. The maximum absolute atomic E-state index is 13.5. The van der Waals surface area contributed by atoms with Crippen molar-refractivity contribution in [2.45, 2.75) is 55.1 Å². The van der Waals surface area contributed by atoms with Gasteiger partial charge in [0, 0.05) is 15.3 Å². The standard InChI is InChI=1S/C24H25ClO3S/c1-24-11-10-19-18-9-5-16(26)12-14(18)2-8-20(19)21(24)13-22(23(24)27)29(28)17-6-3-15(25)4-7-17/h3-7,9,12,19-22,26H,2,8,10-11,13H2,1H3/t19?,20?,21?,22?,24-,29?/m0/s1. The first kappa shape index (κ1) is 19.3. The lowest BCUT2D eigenvalue weighted by molar-refractivity contribution is -0.129. The topological polar surface area (TPSA) is 54.4 Å². The van der Waals surface area contributed by atoms with Crippen molar-refractivity contribution in [3.63, 3.8) is 0 Å². The molecule has 5 heteroatoms. The first-order valence-electron chi connectivity index (χ1n) is 10.4. The molecule has 0 saturated heterocycles. The minimum Gasteiger partial charge on any atom is -0.508 e. The van der Waals surface area contributed by atoms with E-state index < -0.39 is 16.0 Å². The van der Waals surface area contributed by atoms with Crippen molar-refractivity contribution in [1.29, 1.82) is 0 Å². The van der Waals surface area contributed by atoms with Crippen molar-refractivity contribution >= 4 is 28.2 Å². The lowest BCUT2D eigenvalue weighted by Gasteiger charge is -2.48. The first-order chi connectivity index (χ1) is 13.9. The molecule has 2 aromatic rings. The van der Waals surface area contributed by atoms with Crippen LogP contribution in [0.2, 0.25) is 5.02 Å². The molecule has 3 aliphatic rings. The van der Waals surface area contributed by atoms with Gasteiger partial charge in [0.25, 0.3) is 0 Å². The molecule has 0 radical (unpaired) electrons. The molecule has 5 unspecified atom stereocenters. The summed E-state index contributed by atoms with van der Waals surface area (Å²) in [5, 5.41) is 10.0. The molecule has 152 valence electrons. The third-order valence-electron chi connectivity index (χ3n) is 7.73. The quantitative estimate of drug-likeness (QED) is 0.710. The van der Waals surface area contributed by atoms with Gasteiger partial charge in [-0.05, 0) is 97.4 Å². The van der Waals surface area contributed by atoms with Crippen LogP contribution >= 0.6 is 11.6 Å². The van der Waals surface area contributed by atoms with Gasteiger partial charge in [-0.25, -0.2) is 0 Å². The summed E-state index contributed by atoms with van der Waals surface area (Å²) >= 11 is 5.97. The van der Waals surface area contributed by atoms with E-state index in [-0.39, 0.29) is 17.1 Å². The number of rotatable bonds is 2. The fourth-order valence-corrected chi connectivity index (χ4v) is 7.96. The molecule has 2 saturated carbocycles. The van der Waals surface area contributed by atoms with E-state index in [0.29, 0.717) is 33.9 Å². The molecule has 6 atom stereocenters. The van der Waals surface area contributed by atoms with E-state index in [4.69, 9.17) is 11.6 Å². The largest absolute Gasteiger partial charge is 0.508 e. The van der Waals surface area contributed by atoms with Crippen molar-refractivity contribution in [2.75, 3.05) is 0 Å². The van der Waals surface area contributed by atoms with Crippen LogP contribution < -0.4 is 0 Å². The minimum atomic E-state index is -1.34. The Kier molecular flexibility index (Phi) is 4.63. The molecule has 1 N–H and O–H groups in total. The molecule has 5 rings (SSSR count). The van der Waals surface area contributed by atoms with Crippen LogP contribution in [0.3, 0.4) is 0 Å². The molecule has 0 aromatic heterocycles. The monoisotopic (exact) mass is 428 g/mol. The van der Waals surface area contributed by atoms with E-state index in [9.17, 15) is 14.1 Å². The number of fused-ring (bicyclic) bond motifs is 5. The lowest BCUT2D eigenvalue weighted by Crippen LogP contribution is -2.43. The number of hydrogen-bond acceptors (Lipinski definition) is 3. The third kappa shape index (κ3) is 2.98. The van der Waals surface area contributed by atoms with Gasteiger partial charge in [0.05, 0.1) is 16.0 Å².